The summed E-state index contributed by atoms with van der Waals surface area (Å²) in [5.74, 6) is 1.04. The minimum atomic E-state index is 0.0841. The van der Waals surface area contributed by atoms with Crippen molar-refractivity contribution in [1.29, 1.82) is 0 Å². The van der Waals surface area contributed by atoms with Gasteiger partial charge in [0.2, 0.25) is 0 Å². The zero-order chi connectivity index (χ0) is 16.7. The van der Waals surface area contributed by atoms with Crippen LogP contribution in [-0.2, 0) is 6.54 Å². The van der Waals surface area contributed by atoms with Gasteiger partial charge in [-0.25, -0.2) is 0 Å². The fraction of sp³-hybridized carbons (Fsp3) is 0.381. The van der Waals surface area contributed by atoms with Crippen LogP contribution in [0.5, 0.6) is 0 Å². The van der Waals surface area contributed by atoms with E-state index < -0.39 is 0 Å². The van der Waals surface area contributed by atoms with Crippen LogP contribution in [0.2, 0.25) is 0 Å². The zero-order valence-corrected chi connectivity index (χ0v) is 14.4. The summed E-state index contributed by atoms with van der Waals surface area (Å²) in [4.78, 5) is 14.8. The number of likely N-dealkylation sites (tertiary alicyclic amines) is 1. The molecular formula is C21H24N2O. The smallest absolute Gasteiger partial charge is 0.251 e. The van der Waals surface area contributed by atoms with Crippen LogP contribution in [0.15, 0.2) is 42.5 Å². The molecule has 2 heterocycles. The summed E-state index contributed by atoms with van der Waals surface area (Å²) in [5.41, 5.74) is 6.13. The number of rotatable bonds is 2. The quantitative estimate of drug-likeness (QED) is 0.921. The molecular weight excluding hydrogens is 296 g/mol. The van der Waals surface area contributed by atoms with E-state index in [1.54, 1.807) is 0 Å². The van der Waals surface area contributed by atoms with Crippen LogP contribution >= 0.6 is 0 Å². The summed E-state index contributed by atoms with van der Waals surface area (Å²) in [6, 6.07) is 14.9. The molecule has 2 aliphatic heterocycles. The highest BCUT2D eigenvalue weighted by Crippen LogP contribution is 2.36. The third-order valence-corrected chi connectivity index (χ3v) is 5.33. The predicted octanol–water partition coefficient (Wildman–Crippen LogP) is 3.26. The second kappa shape index (κ2) is 6.06. The number of carbonyl (C=O) groups excluding carboxylic acids is 1. The topological polar surface area (TPSA) is 32.3 Å². The number of fused-ring (bicyclic) bond motifs is 3. The lowest BCUT2D eigenvalue weighted by atomic mass is 9.87. The molecule has 4 rings (SSSR count). The molecule has 0 spiro atoms. The number of nitrogens with one attached hydrogen (secondary N) is 1. The Hall–Kier alpha value is -2.13. The first-order chi connectivity index (χ1) is 11.6. The van der Waals surface area contributed by atoms with Crippen LogP contribution < -0.4 is 5.32 Å². The first-order valence-corrected chi connectivity index (χ1v) is 8.77. The average Bonchev–Trinajstić information content (AvgIpc) is 2.89. The first-order valence-electron chi connectivity index (χ1n) is 8.77. The molecule has 24 heavy (non-hydrogen) atoms. The van der Waals surface area contributed by atoms with Crippen molar-refractivity contribution >= 4 is 5.91 Å². The highest BCUT2D eigenvalue weighted by atomic mass is 16.1. The number of hydrogen-bond donors (Lipinski definition) is 1. The van der Waals surface area contributed by atoms with Crippen molar-refractivity contribution in [2.24, 2.45) is 5.92 Å². The molecule has 3 heteroatoms. The van der Waals surface area contributed by atoms with Crippen LogP contribution in [-0.4, -0.2) is 30.4 Å². The van der Waals surface area contributed by atoms with E-state index in [1.807, 2.05) is 12.1 Å². The maximum Gasteiger partial charge on any atom is 0.251 e. The Balaban J connectivity index is 1.58. The van der Waals surface area contributed by atoms with Gasteiger partial charge in [0.05, 0.1) is 0 Å². The zero-order valence-electron chi connectivity index (χ0n) is 14.4. The molecule has 0 saturated carbocycles. The van der Waals surface area contributed by atoms with Crippen molar-refractivity contribution in [3.05, 3.63) is 70.3 Å². The Morgan fingerprint density at radius 3 is 2.62 bits per heavy atom. The molecule has 2 aliphatic rings. The summed E-state index contributed by atoms with van der Waals surface area (Å²) in [5, 5.41) is 3.11. The van der Waals surface area contributed by atoms with Crippen LogP contribution in [0.3, 0.4) is 0 Å². The van der Waals surface area contributed by atoms with Crippen molar-refractivity contribution < 1.29 is 4.79 Å². The summed E-state index contributed by atoms with van der Waals surface area (Å²) >= 11 is 0. The van der Waals surface area contributed by atoms with Gasteiger partial charge in [-0.2, -0.15) is 0 Å². The second-order valence-electron chi connectivity index (χ2n) is 7.35. The number of amides is 1. The Labute approximate surface area is 143 Å². The molecule has 2 aromatic rings. The molecule has 2 atom stereocenters. The van der Waals surface area contributed by atoms with Crippen LogP contribution in [0, 0.1) is 19.8 Å². The van der Waals surface area contributed by atoms with E-state index in [9.17, 15) is 4.79 Å². The molecule has 2 aromatic carbocycles. The molecule has 1 amide bonds. The molecule has 1 saturated heterocycles. The normalized spacial score (nSPS) is 23.3. The number of benzene rings is 2. The third kappa shape index (κ3) is 2.84. The minimum Gasteiger partial charge on any atom is -0.352 e. The van der Waals surface area contributed by atoms with Gasteiger partial charge in [-0.3, -0.25) is 9.69 Å². The molecule has 0 unspecified atom stereocenters. The van der Waals surface area contributed by atoms with Gasteiger partial charge in [-0.05, 0) is 37.0 Å². The van der Waals surface area contributed by atoms with Gasteiger partial charge in [-0.15, -0.1) is 0 Å². The SMILES string of the molecule is Cc1cc(C)cc(CN2C[C@H]3CNC(=O)c4ccccc4[C@@H]3C2)c1. The maximum atomic E-state index is 12.3. The lowest BCUT2D eigenvalue weighted by Crippen LogP contribution is -2.29. The lowest BCUT2D eigenvalue weighted by molar-refractivity contribution is 0.0951. The van der Waals surface area contributed by atoms with Gasteiger partial charge >= 0.3 is 0 Å². The molecule has 124 valence electrons. The Bertz CT molecular complexity index is 763. The maximum absolute atomic E-state index is 12.3. The van der Waals surface area contributed by atoms with E-state index in [4.69, 9.17) is 0 Å². The summed E-state index contributed by atoms with van der Waals surface area (Å²) in [7, 11) is 0. The first kappa shape index (κ1) is 15.4. The van der Waals surface area contributed by atoms with Crippen LogP contribution in [0.1, 0.15) is 38.5 Å². The largest absolute Gasteiger partial charge is 0.352 e. The minimum absolute atomic E-state index is 0.0841. The molecule has 3 nitrogen and oxygen atoms in total. The van der Waals surface area contributed by atoms with Crippen molar-refractivity contribution in [2.45, 2.75) is 26.3 Å². The van der Waals surface area contributed by atoms with E-state index in [1.165, 1.54) is 22.3 Å². The fourth-order valence-corrected chi connectivity index (χ4v) is 4.41. The molecule has 1 fully saturated rings. The Kier molecular flexibility index (Phi) is 3.89. The lowest BCUT2D eigenvalue weighted by Gasteiger charge is -2.18. The van der Waals surface area contributed by atoms with Crippen molar-refractivity contribution in [2.75, 3.05) is 19.6 Å². The number of carbonyl (C=O) groups is 1. The van der Waals surface area contributed by atoms with Crippen molar-refractivity contribution in [1.82, 2.24) is 10.2 Å². The second-order valence-corrected chi connectivity index (χ2v) is 7.35. The molecule has 0 aromatic heterocycles. The van der Waals surface area contributed by atoms with E-state index in [-0.39, 0.29) is 5.91 Å². The predicted molar refractivity (Wildman–Crippen MR) is 96.2 cm³/mol. The molecule has 0 radical (unpaired) electrons. The van der Waals surface area contributed by atoms with Gasteiger partial charge in [0.15, 0.2) is 0 Å². The van der Waals surface area contributed by atoms with Gasteiger partial charge in [0, 0.05) is 37.7 Å². The van der Waals surface area contributed by atoms with Gasteiger partial charge in [0.1, 0.15) is 0 Å². The van der Waals surface area contributed by atoms with E-state index in [0.29, 0.717) is 11.8 Å². The number of hydrogen-bond acceptors (Lipinski definition) is 2. The summed E-state index contributed by atoms with van der Waals surface area (Å²) < 4.78 is 0. The van der Waals surface area contributed by atoms with E-state index in [2.05, 4.69) is 54.4 Å². The van der Waals surface area contributed by atoms with E-state index >= 15 is 0 Å². The van der Waals surface area contributed by atoms with Gasteiger partial charge < -0.3 is 5.32 Å². The number of nitrogens with zero attached hydrogens (tertiary/aromatic N) is 1. The van der Waals surface area contributed by atoms with Crippen LogP contribution in [0.25, 0.3) is 0 Å². The molecule has 1 N–H and O–H groups in total. The fourth-order valence-electron chi connectivity index (χ4n) is 4.41. The highest BCUT2D eigenvalue weighted by Gasteiger charge is 2.37. The summed E-state index contributed by atoms with van der Waals surface area (Å²) in [6.07, 6.45) is 0. The number of aryl methyl sites for hydroxylation is 2. The molecule has 0 aliphatic carbocycles. The summed E-state index contributed by atoms with van der Waals surface area (Å²) in [6.45, 7) is 8.18. The Morgan fingerprint density at radius 2 is 1.83 bits per heavy atom. The Morgan fingerprint density at radius 1 is 1.08 bits per heavy atom. The highest BCUT2D eigenvalue weighted by molar-refractivity contribution is 5.96. The molecule has 0 bridgehead atoms. The van der Waals surface area contributed by atoms with E-state index in [0.717, 1.165) is 31.7 Å². The van der Waals surface area contributed by atoms with Gasteiger partial charge in [0.25, 0.3) is 5.91 Å². The average molecular weight is 320 g/mol. The third-order valence-electron chi connectivity index (χ3n) is 5.33. The van der Waals surface area contributed by atoms with Crippen molar-refractivity contribution in [3.8, 4) is 0 Å². The van der Waals surface area contributed by atoms with Gasteiger partial charge in [-0.1, -0.05) is 47.5 Å². The standard InChI is InChI=1S/C21H24N2O/c1-14-7-15(2)9-16(8-14)11-23-12-17-10-22-21(24)19-6-4-3-5-18(19)20(17)13-23/h3-9,17,20H,10-13H2,1-2H3,(H,22,24)/t17-,20-/m1/s1. The van der Waals surface area contributed by atoms with Crippen molar-refractivity contribution in [3.63, 3.8) is 0 Å². The van der Waals surface area contributed by atoms with Crippen LogP contribution in [0.4, 0.5) is 0 Å². The monoisotopic (exact) mass is 320 g/mol.